The van der Waals surface area contributed by atoms with Crippen molar-refractivity contribution in [3.05, 3.63) is 41.5 Å². The van der Waals surface area contributed by atoms with E-state index in [0.717, 1.165) is 30.8 Å². The summed E-state index contributed by atoms with van der Waals surface area (Å²) < 4.78 is 5.17. The highest BCUT2D eigenvalue weighted by Gasteiger charge is 2.22. The van der Waals surface area contributed by atoms with Crippen molar-refractivity contribution in [2.24, 2.45) is 0 Å². The number of amides is 1. The molecule has 1 atom stereocenters. The monoisotopic (exact) mass is 331 g/mol. The maximum atomic E-state index is 12.2. The van der Waals surface area contributed by atoms with E-state index in [0.29, 0.717) is 18.7 Å². The lowest BCUT2D eigenvalue weighted by Crippen LogP contribution is -2.30. The number of aryl methyl sites for hydroxylation is 2. The molecule has 2 heterocycles. The van der Waals surface area contributed by atoms with Crippen LogP contribution in [0.2, 0.25) is 0 Å². The number of nitrogens with one attached hydrogen (secondary N) is 1. The Bertz CT molecular complexity index is 671. The molecule has 1 aliphatic heterocycles. The SMILES string of the molecule is CCCc1noc(CCC(=O)N[C@@H]2CCSc3ccccc32)n1. The van der Waals surface area contributed by atoms with E-state index in [1.54, 1.807) is 0 Å². The Morgan fingerprint density at radius 2 is 2.26 bits per heavy atom. The van der Waals surface area contributed by atoms with Crippen LogP contribution in [0.5, 0.6) is 0 Å². The van der Waals surface area contributed by atoms with E-state index < -0.39 is 0 Å². The molecule has 0 bridgehead atoms. The molecule has 0 radical (unpaired) electrons. The Morgan fingerprint density at radius 1 is 1.39 bits per heavy atom. The van der Waals surface area contributed by atoms with Crippen LogP contribution in [0.3, 0.4) is 0 Å². The van der Waals surface area contributed by atoms with Crippen LogP contribution >= 0.6 is 11.8 Å². The Balaban J connectivity index is 1.53. The molecule has 6 heteroatoms. The van der Waals surface area contributed by atoms with Gasteiger partial charge in [0.15, 0.2) is 5.82 Å². The first-order valence-corrected chi connectivity index (χ1v) is 9.07. The van der Waals surface area contributed by atoms with Crippen LogP contribution in [-0.4, -0.2) is 21.8 Å². The molecule has 1 N–H and O–H groups in total. The van der Waals surface area contributed by atoms with Crippen LogP contribution in [-0.2, 0) is 17.6 Å². The minimum Gasteiger partial charge on any atom is -0.349 e. The molecular formula is C17H21N3O2S. The Morgan fingerprint density at radius 3 is 3.13 bits per heavy atom. The number of hydrogen-bond acceptors (Lipinski definition) is 5. The fourth-order valence-electron chi connectivity index (χ4n) is 2.70. The van der Waals surface area contributed by atoms with Gasteiger partial charge in [-0.2, -0.15) is 4.98 Å². The number of aromatic nitrogens is 2. The maximum absolute atomic E-state index is 12.2. The standard InChI is InChI=1S/C17H21N3O2S/c1-2-5-15-19-17(22-20-15)9-8-16(21)18-13-10-11-23-14-7-4-3-6-12(13)14/h3-4,6-7,13H,2,5,8-11H2,1H3,(H,18,21)/t13-/m1/s1. The van der Waals surface area contributed by atoms with Crippen LogP contribution in [0.15, 0.2) is 33.7 Å². The summed E-state index contributed by atoms with van der Waals surface area (Å²) in [5.74, 6) is 2.34. The fourth-order valence-corrected chi connectivity index (χ4v) is 3.82. The normalized spacial score (nSPS) is 16.8. The molecule has 0 aliphatic carbocycles. The van der Waals surface area contributed by atoms with Crippen LogP contribution in [0.25, 0.3) is 0 Å². The Kier molecular flexibility index (Phi) is 5.33. The molecule has 0 spiro atoms. The van der Waals surface area contributed by atoms with Gasteiger partial charge in [0.25, 0.3) is 0 Å². The number of carbonyl (C=O) groups excluding carboxylic acids is 1. The minimum atomic E-state index is 0.0342. The molecule has 0 saturated heterocycles. The molecule has 2 aromatic rings. The van der Waals surface area contributed by atoms with Crippen molar-refractivity contribution < 1.29 is 9.32 Å². The zero-order valence-corrected chi connectivity index (χ0v) is 14.1. The summed E-state index contributed by atoms with van der Waals surface area (Å²) in [4.78, 5) is 17.8. The molecule has 0 saturated carbocycles. The number of thioether (sulfide) groups is 1. The van der Waals surface area contributed by atoms with Gasteiger partial charge in [-0.25, -0.2) is 0 Å². The average molecular weight is 331 g/mol. The molecule has 1 aliphatic rings. The molecule has 1 aromatic carbocycles. The van der Waals surface area contributed by atoms with Crippen LogP contribution in [0.4, 0.5) is 0 Å². The summed E-state index contributed by atoms with van der Waals surface area (Å²) in [6.45, 7) is 2.07. The van der Waals surface area contributed by atoms with Gasteiger partial charge >= 0.3 is 0 Å². The molecular weight excluding hydrogens is 310 g/mol. The van der Waals surface area contributed by atoms with Gasteiger partial charge in [-0.3, -0.25) is 4.79 Å². The summed E-state index contributed by atoms with van der Waals surface area (Å²) in [6, 6.07) is 8.39. The highest BCUT2D eigenvalue weighted by Crippen LogP contribution is 2.35. The minimum absolute atomic E-state index is 0.0342. The lowest BCUT2D eigenvalue weighted by atomic mass is 10.0. The predicted molar refractivity (Wildman–Crippen MR) is 89.3 cm³/mol. The molecule has 0 fully saturated rings. The number of hydrogen-bond donors (Lipinski definition) is 1. The molecule has 5 nitrogen and oxygen atoms in total. The second-order valence-electron chi connectivity index (χ2n) is 5.65. The molecule has 23 heavy (non-hydrogen) atoms. The first-order valence-electron chi connectivity index (χ1n) is 8.09. The lowest BCUT2D eigenvalue weighted by molar-refractivity contribution is -0.121. The lowest BCUT2D eigenvalue weighted by Gasteiger charge is -2.25. The van der Waals surface area contributed by atoms with Gasteiger partial charge in [-0.1, -0.05) is 30.3 Å². The third-order valence-electron chi connectivity index (χ3n) is 3.84. The Labute approximate surface area is 140 Å². The highest BCUT2D eigenvalue weighted by atomic mass is 32.2. The summed E-state index contributed by atoms with van der Waals surface area (Å²) in [7, 11) is 0. The number of benzene rings is 1. The van der Waals surface area contributed by atoms with Gasteiger partial charge < -0.3 is 9.84 Å². The Hall–Kier alpha value is -1.82. The molecule has 1 aromatic heterocycles. The zero-order valence-electron chi connectivity index (χ0n) is 13.2. The van der Waals surface area contributed by atoms with Crippen molar-refractivity contribution in [1.29, 1.82) is 0 Å². The van der Waals surface area contributed by atoms with E-state index in [9.17, 15) is 4.79 Å². The van der Waals surface area contributed by atoms with Gasteiger partial charge in [0, 0.05) is 29.9 Å². The molecule has 122 valence electrons. The first-order chi connectivity index (χ1) is 11.3. The second kappa shape index (κ2) is 7.64. The van der Waals surface area contributed by atoms with Gasteiger partial charge in [0.2, 0.25) is 11.8 Å². The molecule has 0 unspecified atom stereocenters. The zero-order chi connectivity index (χ0) is 16.1. The van der Waals surface area contributed by atoms with Crippen LogP contribution < -0.4 is 5.32 Å². The molecule has 3 rings (SSSR count). The predicted octanol–water partition coefficient (Wildman–Crippen LogP) is 3.31. The van der Waals surface area contributed by atoms with E-state index >= 15 is 0 Å². The van der Waals surface area contributed by atoms with E-state index in [4.69, 9.17) is 4.52 Å². The van der Waals surface area contributed by atoms with Crippen LogP contribution in [0, 0.1) is 0 Å². The maximum Gasteiger partial charge on any atom is 0.227 e. The topological polar surface area (TPSA) is 68.0 Å². The summed E-state index contributed by atoms with van der Waals surface area (Å²) in [5, 5.41) is 7.04. The summed E-state index contributed by atoms with van der Waals surface area (Å²) in [6.07, 6.45) is 3.63. The molecule has 1 amide bonds. The van der Waals surface area contributed by atoms with E-state index in [1.807, 2.05) is 23.9 Å². The van der Waals surface area contributed by atoms with E-state index in [1.165, 1.54) is 10.5 Å². The van der Waals surface area contributed by atoms with E-state index in [-0.39, 0.29) is 11.9 Å². The van der Waals surface area contributed by atoms with Gasteiger partial charge in [0.1, 0.15) is 0 Å². The third kappa shape index (κ3) is 4.13. The van der Waals surface area contributed by atoms with Crippen molar-refractivity contribution in [3.63, 3.8) is 0 Å². The second-order valence-corrected chi connectivity index (χ2v) is 6.79. The largest absolute Gasteiger partial charge is 0.349 e. The summed E-state index contributed by atoms with van der Waals surface area (Å²) >= 11 is 1.85. The van der Waals surface area contributed by atoms with E-state index in [2.05, 4.69) is 34.5 Å². The van der Waals surface area contributed by atoms with Crippen molar-refractivity contribution in [3.8, 4) is 0 Å². The summed E-state index contributed by atoms with van der Waals surface area (Å²) in [5.41, 5.74) is 1.22. The number of fused-ring (bicyclic) bond motifs is 1. The van der Waals surface area contributed by atoms with Crippen molar-refractivity contribution in [2.45, 2.75) is 50.0 Å². The van der Waals surface area contributed by atoms with Gasteiger partial charge in [-0.05, 0) is 24.5 Å². The average Bonchev–Trinajstić information content (AvgIpc) is 3.01. The third-order valence-corrected chi connectivity index (χ3v) is 4.97. The van der Waals surface area contributed by atoms with Gasteiger partial charge in [-0.15, -0.1) is 11.8 Å². The van der Waals surface area contributed by atoms with Crippen molar-refractivity contribution >= 4 is 17.7 Å². The number of carbonyl (C=O) groups is 1. The highest BCUT2D eigenvalue weighted by molar-refractivity contribution is 7.99. The fraction of sp³-hybridized carbons (Fsp3) is 0.471. The first kappa shape index (κ1) is 16.1. The quantitative estimate of drug-likeness (QED) is 0.879. The van der Waals surface area contributed by atoms with Crippen molar-refractivity contribution in [2.75, 3.05) is 5.75 Å². The smallest absolute Gasteiger partial charge is 0.227 e. The van der Waals surface area contributed by atoms with Gasteiger partial charge in [0.05, 0.1) is 6.04 Å². The van der Waals surface area contributed by atoms with Crippen LogP contribution in [0.1, 0.15) is 49.5 Å². The number of nitrogens with zero attached hydrogens (tertiary/aromatic N) is 2. The van der Waals surface area contributed by atoms with Crippen molar-refractivity contribution in [1.82, 2.24) is 15.5 Å². The number of rotatable bonds is 6.